The van der Waals surface area contributed by atoms with Gasteiger partial charge in [0.25, 0.3) is 0 Å². The van der Waals surface area contributed by atoms with Crippen molar-refractivity contribution < 1.29 is 39.0 Å². The summed E-state index contributed by atoms with van der Waals surface area (Å²) in [4.78, 5) is 29.9. The molecule has 2 aliphatic rings. The van der Waals surface area contributed by atoms with Gasteiger partial charge in [-0.3, -0.25) is 4.52 Å². The Hall–Kier alpha value is -1.22. The fourth-order valence-electron chi connectivity index (χ4n) is 2.68. The molecule has 1 aliphatic carbocycles. The normalized spacial score (nSPS) is 32.2. The van der Waals surface area contributed by atoms with Crippen LogP contribution in [0.3, 0.4) is 0 Å². The highest BCUT2D eigenvalue weighted by Gasteiger charge is 2.44. The monoisotopic (exact) mass is 335 g/mol. The van der Waals surface area contributed by atoms with Crippen molar-refractivity contribution in [3.63, 3.8) is 0 Å². The van der Waals surface area contributed by atoms with Crippen LogP contribution in [0.25, 0.3) is 0 Å². The molecule has 0 aromatic rings. The second-order valence-electron chi connectivity index (χ2n) is 5.33. The molecule has 0 spiro atoms. The van der Waals surface area contributed by atoms with E-state index in [1.807, 2.05) is 0 Å². The Morgan fingerprint density at radius 1 is 1.36 bits per heavy atom. The van der Waals surface area contributed by atoms with E-state index in [0.29, 0.717) is 0 Å². The van der Waals surface area contributed by atoms with Crippen LogP contribution >= 0.6 is 7.82 Å². The van der Waals surface area contributed by atoms with Crippen LogP contribution in [0.1, 0.15) is 12.8 Å². The summed E-state index contributed by atoms with van der Waals surface area (Å²) in [7, 11) is -4.65. The number of nitrogens with zero attached hydrogens (tertiary/aromatic N) is 1. The predicted octanol–water partition coefficient (Wildman–Crippen LogP) is -0.606. The standard InChI is InChI=1S/C12H18NO8P/c14-10-8(6-21-22(18,19)20)4-9(11(10)15)13-3-1-2-7(5-13)12(16)17/h1,3,5,8-11,14-15H,2,4,6H2,(H,16,17)(H2,18,19,20). The van der Waals surface area contributed by atoms with E-state index in [2.05, 4.69) is 4.52 Å². The van der Waals surface area contributed by atoms with Crippen LogP contribution in [-0.2, 0) is 13.9 Å². The highest BCUT2D eigenvalue weighted by Crippen LogP contribution is 2.39. The van der Waals surface area contributed by atoms with Gasteiger partial charge in [-0.15, -0.1) is 0 Å². The average molecular weight is 335 g/mol. The van der Waals surface area contributed by atoms with Gasteiger partial charge in [0.1, 0.15) is 6.10 Å². The summed E-state index contributed by atoms with van der Waals surface area (Å²) in [5, 5.41) is 29.0. The first-order chi connectivity index (χ1) is 10.2. The van der Waals surface area contributed by atoms with E-state index in [0.717, 1.165) is 0 Å². The van der Waals surface area contributed by atoms with Gasteiger partial charge in [-0.1, -0.05) is 6.08 Å². The van der Waals surface area contributed by atoms with E-state index in [4.69, 9.17) is 14.9 Å². The summed E-state index contributed by atoms with van der Waals surface area (Å²) in [5.41, 5.74) is 0.152. The number of hydrogen-bond acceptors (Lipinski definition) is 6. The average Bonchev–Trinajstić information content (AvgIpc) is 2.72. The Balaban J connectivity index is 2.06. The predicted molar refractivity (Wildman–Crippen MR) is 73.2 cm³/mol. The van der Waals surface area contributed by atoms with E-state index < -0.39 is 44.6 Å². The molecule has 0 aromatic heterocycles. The first-order valence-corrected chi connectivity index (χ1v) is 8.16. The molecule has 0 aromatic carbocycles. The number of carboxylic acid groups (broad SMARTS) is 1. The zero-order valence-electron chi connectivity index (χ0n) is 11.5. The molecule has 5 N–H and O–H groups in total. The van der Waals surface area contributed by atoms with E-state index in [1.165, 1.54) is 11.1 Å². The van der Waals surface area contributed by atoms with Crippen LogP contribution in [0.2, 0.25) is 0 Å². The van der Waals surface area contributed by atoms with Gasteiger partial charge in [0.2, 0.25) is 0 Å². The summed E-state index contributed by atoms with van der Waals surface area (Å²) in [6, 6.07) is -0.591. The van der Waals surface area contributed by atoms with Crippen molar-refractivity contribution in [3.05, 3.63) is 24.0 Å². The maximum atomic E-state index is 11.0. The molecule has 9 nitrogen and oxygen atoms in total. The number of aliphatic hydroxyl groups is 2. The van der Waals surface area contributed by atoms with Gasteiger partial charge in [-0.25, -0.2) is 9.36 Å². The van der Waals surface area contributed by atoms with Crippen molar-refractivity contribution in [1.82, 2.24) is 4.90 Å². The number of carboxylic acids is 1. The van der Waals surface area contributed by atoms with Crippen molar-refractivity contribution in [2.45, 2.75) is 31.1 Å². The van der Waals surface area contributed by atoms with Crippen molar-refractivity contribution in [3.8, 4) is 0 Å². The third kappa shape index (κ3) is 3.95. The van der Waals surface area contributed by atoms with E-state index in [-0.39, 0.29) is 18.4 Å². The van der Waals surface area contributed by atoms with Crippen LogP contribution < -0.4 is 0 Å². The summed E-state index contributed by atoms with van der Waals surface area (Å²) in [6.45, 7) is -0.397. The molecule has 10 heteroatoms. The van der Waals surface area contributed by atoms with Crippen LogP contribution in [-0.4, -0.2) is 60.8 Å². The maximum Gasteiger partial charge on any atom is 0.469 e. The molecule has 22 heavy (non-hydrogen) atoms. The molecule has 1 saturated carbocycles. The van der Waals surface area contributed by atoms with Crippen molar-refractivity contribution in [2.24, 2.45) is 5.92 Å². The molecule has 0 radical (unpaired) electrons. The minimum atomic E-state index is -4.65. The molecule has 0 amide bonds. The third-order valence-corrected chi connectivity index (χ3v) is 4.29. The maximum absolute atomic E-state index is 11.0. The molecule has 0 saturated heterocycles. The van der Waals surface area contributed by atoms with Crippen LogP contribution in [0.15, 0.2) is 24.0 Å². The first-order valence-electron chi connectivity index (χ1n) is 6.63. The SMILES string of the molecule is O=C(O)C1=CN(C2CC(COP(=O)(O)O)C(O)C2O)C=CC1. The second kappa shape index (κ2) is 6.49. The molecule has 1 heterocycles. The second-order valence-corrected chi connectivity index (χ2v) is 6.57. The number of hydrogen-bond donors (Lipinski definition) is 5. The number of phosphoric ester groups is 1. The number of aliphatic carboxylic acids is 1. The molecule has 2 rings (SSSR count). The zero-order valence-corrected chi connectivity index (χ0v) is 12.4. The van der Waals surface area contributed by atoms with Gasteiger partial charge in [0, 0.05) is 24.7 Å². The zero-order chi connectivity index (χ0) is 16.5. The molecule has 1 fully saturated rings. The summed E-state index contributed by atoms with van der Waals surface area (Å²) in [5.74, 6) is -1.73. The third-order valence-electron chi connectivity index (χ3n) is 3.81. The molecular weight excluding hydrogens is 317 g/mol. The topological polar surface area (TPSA) is 148 Å². The smallest absolute Gasteiger partial charge is 0.469 e. The lowest BCUT2D eigenvalue weighted by Crippen LogP contribution is -2.39. The highest BCUT2D eigenvalue weighted by molar-refractivity contribution is 7.46. The van der Waals surface area contributed by atoms with E-state index in [1.54, 1.807) is 12.3 Å². The van der Waals surface area contributed by atoms with Gasteiger partial charge in [-0.2, -0.15) is 0 Å². The lowest BCUT2D eigenvalue weighted by atomic mass is 10.1. The van der Waals surface area contributed by atoms with Gasteiger partial charge >= 0.3 is 13.8 Å². The van der Waals surface area contributed by atoms with Gasteiger partial charge in [0.05, 0.1) is 24.3 Å². The molecular formula is C12H18NO8P. The number of carbonyl (C=O) groups is 1. The summed E-state index contributed by atoms with van der Waals surface area (Å²) in [6.07, 6.45) is 2.70. The minimum absolute atomic E-state index is 0.152. The molecule has 0 bridgehead atoms. The van der Waals surface area contributed by atoms with Gasteiger partial charge < -0.3 is 30.0 Å². The molecule has 4 atom stereocenters. The molecule has 4 unspecified atom stereocenters. The Kier molecular flexibility index (Phi) is 5.06. The molecule has 1 aliphatic heterocycles. The lowest BCUT2D eigenvalue weighted by Gasteiger charge is -2.29. The molecule has 124 valence electrons. The largest absolute Gasteiger partial charge is 0.478 e. The Bertz CT molecular complexity index is 541. The Labute approximate surface area is 126 Å². The van der Waals surface area contributed by atoms with Crippen LogP contribution in [0, 0.1) is 5.92 Å². The van der Waals surface area contributed by atoms with Gasteiger partial charge in [0.15, 0.2) is 0 Å². The number of phosphoric acid groups is 1. The Morgan fingerprint density at radius 3 is 2.64 bits per heavy atom. The quantitative estimate of drug-likeness (QED) is 0.415. The summed E-state index contributed by atoms with van der Waals surface area (Å²) >= 11 is 0. The minimum Gasteiger partial charge on any atom is -0.478 e. The van der Waals surface area contributed by atoms with Crippen molar-refractivity contribution in [1.29, 1.82) is 0 Å². The van der Waals surface area contributed by atoms with Gasteiger partial charge in [-0.05, 0) is 6.42 Å². The van der Waals surface area contributed by atoms with Crippen LogP contribution in [0.5, 0.6) is 0 Å². The van der Waals surface area contributed by atoms with E-state index >= 15 is 0 Å². The van der Waals surface area contributed by atoms with Crippen molar-refractivity contribution in [2.75, 3.05) is 6.61 Å². The van der Waals surface area contributed by atoms with Crippen molar-refractivity contribution >= 4 is 13.8 Å². The fourth-order valence-corrected chi connectivity index (χ4v) is 3.06. The fraction of sp³-hybridized carbons (Fsp3) is 0.583. The highest BCUT2D eigenvalue weighted by atomic mass is 31.2. The first kappa shape index (κ1) is 17.1. The van der Waals surface area contributed by atoms with Crippen LogP contribution in [0.4, 0.5) is 0 Å². The summed E-state index contributed by atoms with van der Waals surface area (Å²) < 4.78 is 15.1. The Morgan fingerprint density at radius 2 is 2.05 bits per heavy atom. The lowest BCUT2D eigenvalue weighted by molar-refractivity contribution is -0.132. The number of allylic oxidation sites excluding steroid dienone is 1. The number of aliphatic hydroxyl groups excluding tert-OH is 2. The van der Waals surface area contributed by atoms with E-state index in [9.17, 15) is 19.6 Å². The number of rotatable bonds is 5.